The lowest BCUT2D eigenvalue weighted by molar-refractivity contribution is -0.145. The van der Waals surface area contributed by atoms with Gasteiger partial charge in [-0.1, -0.05) is 30.3 Å². The Hall–Kier alpha value is -2.41. The van der Waals surface area contributed by atoms with E-state index < -0.39 is 11.9 Å². The van der Waals surface area contributed by atoms with Gasteiger partial charge in [-0.25, -0.2) is 0 Å². The number of benzene rings is 1. The Morgan fingerprint density at radius 1 is 1.12 bits per heavy atom. The fourth-order valence-electron chi connectivity index (χ4n) is 3.64. The molecule has 0 saturated carbocycles. The number of hydrogen-bond donors (Lipinski definition) is 1. The predicted molar refractivity (Wildman–Crippen MR) is 97.1 cm³/mol. The molecule has 0 spiro atoms. The number of carbonyl (C=O) groups is 3. The third kappa shape index (κ3) is 4.40. The number of hydrogen-bond acceptors (Lipinski definition) is 4. The highest BCUT2D eigenvalue weighted by molar-refractivity contribution is 5.90. The summed E-state index contributed by atoms with van der Waals surface area (Å²) in [6.45, 7) is 3.09. The summed E-state index contributed by atoms with van der Waals surface area (Å²) in [5.74, 6) is -0.669. The molecule has 1 aromatic carbocycles. The van der Waals surface area contributed by atoms with Crippen LogP contribution < -0.4 is 5.73 Å². The van der Waals surface area contributed by atoms with E-state index in [9.17, 15) is 14.4 Å². The summed E-state index contributed by atoms with van der Waals surface area (Å²) >= 11 is 0. The van der Waals surface area contributed by atoms with Gasteiger partial charge in [-0.15, -0.1) is 0 Å². The molecule has 2 heterocycles. The highest BCUT2D eigenvalue weighted by Crippen LogP contribution is 2.14. The quantitative estimate of drug-likeness (QED) is 0.766. The van der Waals surface area contributed by atoms with Crippen molar-refractivity contribution in [3.63, 3.8) is 0 Å². The predicted octanol–water partition coefficient (Wildman–Crippen LogP) is -0.150. The molecule has 7 nitrogen and oxygen atoms in total. The molecule has 2 aliphatic heterocycles. The molecule has 0 radical (unpaired) electrons. The number of nitrogens with zero attached hydrogens (tertiary/aromatic N) is 3. The maximum atomic E-state index is 12.6. The van der Waals surface area contributed by atoms with E-state index in [0.29, 0.717) is 32.6 Å². The molecule has 2 saturated heterocycles. The monoisotopic (exact) mass is 358 g/mol. The Labute approximate surface area is 153 Å². The van der Waals surface area contributed by atoms with Crippen LogP contribution in [0.5, 0.6) is 0 Å². The van der Waals surface area contributed by atoms with Gasteiger partial charge in [0, 0.05) is 39.1 Å². The maximum absolute atomic E-state index is 12.6. The molecule has 2 fully saturated rings. The van der Waals surface area contributed by atoms with Crippen LogP contribution in [0.1, 0.15) is 18.4 Å². The molecule has 2 N–H and O–H groups in total. The van der Waals surface area contributed by atoms with Gasteiger partial charge in [-0.2, -0.15) is 0 Å². The molecule has 2 aliphatic rings. The molecule has 7 heteroatoms. The highest BCUT2D eigenvalue weighted by atomic mass is 16.2. The SMILES string of the molecule is NC(=O)C1CN(CCc2ccccc2)CCN1C(=O)CN1CCCC1=O. The summed E-state index contributed by atoms with van der Waals surface area (Å²) in [7, 11) is 0. The van der Waals surface area contributed by atoms with Gasteiger partial charge in [0.2, 0.25) is 17.7 Å². The molecule has 3 rings (SSSR count). The third-order valence-corrected chi connectivity index (χ3v) is 5.17. The van der Waals surface area contributed by atoms with Crippen LogP contribution in [-0.4, -0.2) is 77.7 Å². The van der Waals surface area contributed by atoms with Gasteiger partial charge in [-0.3, -0.25) is 19.3 Å². The molecular weight excluding hydrogens is 332 g/mol. The molecular formula is C19H26N4O3. The van der Waals surface area contributed by atoms with Crippen molar-refractivity contribution in [1.29, 1.82) is 0 Å². The van der Waals surface area contributed by atoms with Gasteiger partial charge in [-0.05, 0) is 18.4 Å². The lowest BCUT2D eigenvalue weighted by Crippen LogP contribution is -2.61. The normalized spacial score (nSPS) is 21.2. The standard InChI is InChI=1S/C19H26N4O3/c20-19(26)16-13-21(10-8-15-5-2-1-3-6-15)11-12-23(16)18(25)14-22-9-4-7-17(22)24/h1-3,5-6,16H,4,7-14H2,(H2,20,26). The van der Waals surface area contributed by atoms with Crippen molar-refractivity contribution in [3.05, 3.63) is 35.9 Å². The third-order valence-electron chi connectivity index (χ3n) is 5.17. The van der Waals surface area contributed by atoms with Gasteiger partial charge in [0.1, 0.15) is 6.04 Å². The van der Waals surface area contributed by atoms with Crippen molar-refractivity contribution >= 4 is 17.7 Å². The van der Waals surface area contributed by atoms with E-state index in [-0.39, 0.29) is 18.4 Å². The van der Waals surface area contributed by atoms with E-state index in [2.05, 4.69) is 17.0 Å². The number of rotatable bonds is 6. The van der Waals surface area contributed by atoms with E-state index in [1.807, 2.05) is 18.2 Å². The molecule has 140 valence electrons. The van der Waals surface area contributed by atoms with Crippen molar-refractivity contribution in [1.82, 2.24) is 14.7 Å². The molecule has 0 aromatic heterocycles. The zero-order chi connectivity index (χ0) is 18.5. The largest absolute Gasteiger partial charge is 0.368 e. The second-order valence-electron chi connectivity index (χ2n) is 6.96. The fourth-order valence-corrected chi connectivity index (χ4v) is 3.64. The summed E-state index contributed by atoms with van der Waals surface area (Å²) in [6, 6.07) is 9.54. The minimum Gasteiger partial charge on any atom is -0.368 e. The Balaban J connectivity index is 1.56. The van der Waals surface area contributed by atoms with Crippen LogP contribution in [-0.2, 0) is 20.8 Å². The molecule has 1 unspecified atom stereocenters. The van der Waals surface area contributed by atoms with Crippen LogP contribution in [0.4, 0.5) is 0 Å². The van der Waals surface area contributed by atoms with Crippen LogP contribution in [0.15, 0.2) is 30.3 Å². The number of carbonyl (C=O) groups excluding carboxylic acids is 3. The van der Waals surface area contributed by atoms with Crippen LogP contribution in [0.25, 0.3) is 0 Å². The van der Waals surface area contributed by atoms with Gasteiger partial charge in [0.05, 0.1) is 6.54 Å². The second-order valence-corrected chi connectivity index (χ2v) is 6.96. The first-order chi connectivity index (χ1) is 12.5. The molecule has 0 bridgehead atoms. The number of piperazine rings is 1. The Bertz CT molecular complexity index is 664. The number of nitrogens with two attached hydrogens (primary N) is 1. The first-order valence-electron chi connectivity index (χ1n) is 9.17. The topological polar surface area (TPSA) is 87.0 Å². The average Bonchev–Trinajstić information content (AvgIpc) is 3.05. The minimum absolute atomic E-state index is 0.00970. The first-order valence-corrected chi connectivity index (χ1v) is 9.17. The van der Waals surface area contributed by atoms with Gasteiger partial charge in [0.15, 0.2) is 0 Å². The van der Waals surface area contributed by atoms with Gasteiger partial charge in [0.25, 0.3) is 0 Å². The summed E-state index contributed by atoms with van der Waals surface area (Å²) in [6.07, 6.45) is 2.18. The van der Waals surface area contributed by atoms with E-state index in [0.717, 1.165) is 19.4 Å². The number of likely N-dealkylation sites (tertiary alicyclic amines) is 1. The summed E-state index contributed by atoms with van der Waals surface area (Å²) in [5.41, 5.74) is 6.80. The highest BCUT2D eigenvalue weighted by Gasteiger charge is 2.35. The average molecular weight is 358 g/mol. The van der Waals surface area contributed by atoms with Crippen molar-refractivity contribution in [2.24, 2.45) is 5.73 Å². The lowest BCUT2D eigenvalue weighted by Gasteiger charge is -2.40. The Kier molecular flexibility index (Phi) is 5.88. The maximum Gasteiger partial charge on any atom is 0.242 e. The van der Waals surface area contributed by atoms with Crippen LogP contribution in [0, 0.1) is 0 Å². The second kappa shape index (κ2) is 8.31. The van der Waals surface area contributed by atoms with E-state index >= 15 is 0 Å². The van der Waals surface area contributed by atoms with Crippen LogP contribution in [0.2, 0.25) is 0 Å². The molecule has 0 aliphatic carbocycles. The molecule has 3 amide bonds. The number of amides is 3. The van der Waals surface area contributed by atoms with Crippen molar-refractivity contribution in [2.45, 2.75) is 25.3 Å². The smallest absolute Gasteiger partial charge is 0.242 e. The first kappa shape index (κ1) is 18.4. The zero-order valence-corrected chi connectivity index (χ0v) is 15.0. The van der Waals surface area contributed by atoms with Crippen molar-refractivity contribution in [2.75, 3.05) is 39.3 Å². The van der Waals surface area contributed by atoms with E-state index in [4.69, 9.17) is 5.73 Å². The van der Waals surface area contributed by atoms with E-state index in [1.165, 1.54) is 5.56 Å². The lowest BCUT2D eigenvalue weighted by atomic mass is 10.1. The zero-order valence-electron chi connectivity index (χ0n) is 15.0. The summed E-state index contributed by atoms with van der Waals surface area (Å²) in [4.78, 5) is 41.5. The Morgan fingerprint density at radius 3 is 2.54 bits per heavy atom. The molecule has 1 atom stereocenters. The van der Waals surface area contributed by atoms with Crippen LogP contribution in [0.3, 0.4) is 0 Å². The summed E-state index contributed by atoms with van der Waals surface area (Å²) in [5, 5.41) is 0. The van der Waals surface area contributed by atoms with Crippen molar-refractivity contribution < 1.29 is 14.4 Å². The Morgan fingerprint density at radius 2 is 1.88 bits per heavy atom. The van der Waals surface area contributed by atoms with Gasteiger partial charge < -0.3 is 15.5 Å². The van der Waals surface area contributed by atoms with E-state index in [1.54, 1.807) is 9.80 Å². The fraction of sp³-hybridized carbons (Fsp3) is 0.526. The molecule has 26 heavy (non-hydrogen) atoms. The number of primary amides is 1. The van der Waals surface area contributed by atoms with Crippen LogP contribution >= 0.6 is 0 Å². The van der Waals surface area contributed by atoms with Crippen molar-refractivity contribution in [3.8, 4) is 0 Å². The molecule has 1 aromatic rings. The summed E-state index contributed by atoms with van der Waals surface area (Å²) < 4.78 is 0. The van der Waals surface area contributed by atoms with Gasteiger partial charge >= 0.3 is 0 Å². The minimum atomic E-state index is -0.635.